The van der Waals surface area contributed by atoms with Gasteiger partial charge in [0.2, 0.25) is 5.91 Å². The van der Waals surface area contributed by atoms with Crippen LogP contribution in [0.3, 0.4) is 0 Å². The lowest BCUT2D eigenvalue weighted by atomic mass is 10.2. The molecule has 4 rings (SSSR count). The molecule has 178 valence electrons. The first kappa shape index (κ1) is 25.6. The molecule has 1 saturated heterocycles. The highest BCUT2D eigenvalue weighted by molar-refractivity contribution is 7.91. The Morgan fingerprint density at radius 2 is 1.88 bits per heavy atom. The number of aryl methyl sites for hydroxylation is 1. The van der Waals surface area contributed by atoms with Crippen molar-refractivity contribution in [3.05, 3.63) is 54.1 Å². The van der Waals surface area contributed by atoms with E-state index in [1.54, 1.807) is 35.2 Å². The van der Waals surface area contributed by atoms with Gasteiger partial charge in [-0.1, -0.05) is 35.6 Å². The van der Waals surface area contributed by atoms with Crippen molar-refractivity contribution in [2.75, 3.05) is 50.0 Å². The van der Waals surface area contributed by atoms with Gasteiger partial charge < -0.3 is 4.74 Å². The quantitative estimate of drug-likeness (QED) is 0.462. The molecule has 1 fully saturated rings. The summed E-state index contributed by atoms with van der Waals surface area (Å²) >= 11 is 1.47. The van der Waals surface area contributed by atoms with Crippen molar-refractivity contribution in [2.24, 2.45) is 0 Å². The van der Waals surface area contributed by atoms with Crippen LogP contribution in [0.15, 0.2) is 53.4 Å². The van der Waals surface area contributed by atoms with Gasteiger partial charge in [-0.15, -0.1) is 12.4 Å². The zero-order chi connectivity index (χ0) is 22.6. The van der Waals surface area contributed by atoms with Gasteiger partial charge in [0.1, 0.15) is 0 Å². The Bertz CT molecular complexity index is 1180. The van der Waals surface area contributed by atoms with Crippen LogP contribution in [-0.2, 0) is 19.4 Å². The van der Waals surface area contributed by atoms with Gasteiger partial charge in [-0.05, 0) is 36.8 Å². The van der Waals surface area contributed by atoms with Crippen LogP contribution in [0.4, 0.5) is 5.13 Å². The first-order chi connectivity index (χ1) is 15.4. The second kappa shape index (κ2) is 11.4. The first-order valence-electron chi connectivity index (χ1n) is 10.7. The summed E-state index contributed by atoms with van der Waals surface area (Å²) < 4.78 is 31.8. The molecular weight excluding hydrogens is 482 g/mol. The molecule has 0 bridgehead atoms. The molecule has 0 N–H and O–H groups in total. The molecule has 0 atom stereocenters. The second-order valence-corrected chi connectivity index (χ2v) is 11.0. The number of hydrogen-bond donors (Lipinski definition) is 0. The third kappa shape index (κ3) is 6.51. The molecule has 0 saturated carbocycles. The van der Waals surface area contributed by atoms with E-state index in [0.717, 1.165) is 28.9 Å². The number of halogens is 1. The molecular formula is C23H28ClN3O4S2. The maximum atomic E-state index is 13.2. The number of carbonyl (C=O) groups excluding carboxylic acids is 1. The van der Waals surface area contributed by atoms with Crippen LogP contribution in [0.25, 0.3) is 10.2 Å². The molecule has 1 amide bonds. The molecule has 1 aliphatic rings. The predicted molar refractivity (Wildman–Crippen MR) is 134 cm³/mol. The van der Waals surface area contributed by atoms with Gasteiger partial charge in [0, 0.05) is 32.6 Å². The van der Waals surface area contributed by atoms with E-state index < -0.39 is 9.84 Å². The summed E-state index contributed by atoms with van der Waals surface area (Å²) in [6, 6.07) is 14.3. The molecule has 0 spiro atoms. The van der Waals surface area contributed by atoms with Gasteiger partial charge in [-0.2, -0.15) is 0 Å². The van der Waals surface area contributed by atoms with E-state index in [9.17, 15) is 13.2 Å². The minimum absolute atomic E-state index is 0. The van der Waals surface area contributed by atoms with Crippen LogP contribution in [0.5, 0.6) is 0 Å². The molecule has 3 aromatic rings. The van der Waals surface area contributed by atoms with Crippen LogP contribution in [-0.4, -0.2) is 69.4 Å². The van der Waals surface area contributed by atoms with E-state index in [2.05, 4.69) is 16.0 Å². The number of hydrogen-bond acceptors (Lipinski definition) is 7. The summed E-state index contributed by atoms with van der Waals surface area (Å²) in [7, 11) is -3.53. The van der Waals surface area contributed by atoms with Crippen molar-refractivity contribution in [1.82, 2.24) is 9.88 Å². The number of amides is 1. The van der Waals surface area contributed by atoms with Gasteiger partial charge in [-0.25, -0.2) is 13.4 Å². The fourth-order valence-electron chi connectivity index (χ4n) is 3.63. The van der Waals surface area contributed by atoms with Gasteiger partial charge >= 0.3 is 0 Å². The van der Waals surface area contributed by atoms with Gasteiger partial charge in [-0.3, -0.25) is 14.6 Å². The second-order valence-electron chi connectivity index (χ2n) is 7.85. The van der Waals surface area contributed by atoms with E-state index in [1.165, 1.54) is 11.3 Å². The van der Waals surface area contributed by atoms with Crippen molar-refractivity contribution in [3.63, 3.8) is 0 Å². The summed E-state index contributed by atoms with van der Waals surface area (Å²) in [6.45, 7) is 6.19. The standard InChI is InChI=1S/C23H27N3O4S2.ClH/c1-18-7-8-20-21(17-18)31-23(24-20)26(11-10-25-12-14-30-15-13-25)22(27)9-16-32(28,29)19-5-3-2-4-6-19;/h2-8,17H,9-16H2,1H3;1H. The monoisotopic (exact) mass is 509 g/mol. The van der Waals surface area contributed by atoms with E-state index in [4.69, 9.17) is 4.74 Å². The number of nitrogens with zero attached hydrogens (tertiary/aromatic N) is 3. The summed E-state index contributed by atoms with van der Waals surface area (Å²) in [5.41, 5.74) is 1.98. The van der Waals surface area contributed by atoms with E-state index in [-0.39, 0.29) is 35.4 Å². The van der Waals surface area contributed by atoms with Crippen LogP contribution in [0, 0.1) is 6.92 Å². The van der Waals surface area contributed by atoms with Gasteiger partial charge in [0.25, 0.3) is 0 Å². The largest absolute Gasteiger partial charge is 0.379 e. The lowest BCUT2D eigenvalue weighted by molar-refractivity contribution is -0.118. The maximum absolute atomic E-state index is 13.2. The maximum Gasteiger partial charge on any atom is 0.229 e. The van der Waals surface area contributed by atoms with Gasteiger partial charge in [0.15, 0.2) is 15.0 Å². The van der Waals surface area contributed by atoms with E-state index in [0.29, 0.717) is 31.4 Å². The highest BCUT2D eigenvalue weighted by Gasteiger charge is 2.24. The predicted octanol–water partition coefficient (Wildman–Crippen LogP) is 3.56. The average molecular weight is 510 g/mol. The zero-order valence-corrected chi connectivity index (χ0v) is 20.9. The van der Waals surface area contributed by atoms with Crippen molar-refractivity contribution >= 4 is 54.8 Å². The summed E-state index contributed by atoms with van der Waals surface area (Å²) in [6.07, 6.45) is -0.0880. The van der Waals surface area contributed by atoms with Gasteiger partial charge in [0.05, 0.1) is 34.1 Å². The number of ether oxygens (including phenoxy) is 1. The smallest absolute Gasteiger partial charge is 0.229 e. The van der Waals surface area contributed by atoms with Crippen molar-refractivity contribution in [1.29, 1.82) is 0 Å². The van der Waals surface area contributed by atoms with Crippen LogP contribution in [0.2, 0.25) is 0 Å². The van der Waals surface area contributed by atoms with Crippen LogP contribution >= 0.6 is 23.7 Å². The number of benzene rings is 2. The van der Waals surface area contributed by atoms with E-state index >= 15 is 0 Å². The minimum Gasteiger partial charge on any atom is -0.379 e. The molecule has 1 aliphatic heterocycles. The average Bonchev–Trinajstić information content (AvgIpc) is 3.22. The summed E-state index contributed by atoms with van der Waals surface area (Å²) in [5, 5.41) is 0.612. The molecule has 2 aromatic carbocycles. The molecule has 7 nitrogen and oxygen atoms in total. The normalized spacial score (nSPS) is 14.7. The molecule has 1 aromatic heterocycles. The number of anilines is 1. The Morgan fingerprint density at radius 1 is 1.15 bits per heavy atom. The van der Waals surface area contributed by atoms with Crippen LogP contribution < -0.4 is 4.90 Å². The number of rotatable bonds is 8. The third-order valence-corrected chi connectivity index (χ3v) is 8.27. The number of sulfone groups is 1. The zero-order valence-electron chi connectivity index (χ0n) is 18.5. The molecule has 0 aliphatic carbocycles. The Labute approximate surface area is 204 Å². The fourth-order valence-corrected chi connectivity index (χ4v) is 5.99. The fraction of sp³-hybridized carbons (Fsp3) is 0.391. The molecule has 2 heterocycles. The lowest BCUT2D eigenvalue weighted by Crippen LogP contribution is -2.43. The number of morpholine rings is 1. The molecule has 0 radical (unpaired) electrons. The van der Waals surface area contributed by atoms with Crippen molar-refractivity contribution in [2.45, 2.75) is 18.2 Å². The number of thiazole rings is 1. The minimum atomic E-state index is -3.53. The Kier molecular flexibility index (Phi) is 8.83. The van der Waals surface area contributed by atoms with E-state index in [1.807, 2.05) is 19.1 Å². The highest BCUT2D eigenvalue weighted by atomic mass is 35.5. The Balaban J connectivity index is 0.00000306. The Morgan fingerprint density at radius 3 is 2.61 bits per heavy atom. The van der Waals surface area contributed by atoms with Crippen molar-refractivity contribution < 1.29 is 17.9 Å². The first-order valence-corrected chi connectivity index (χ1v) is 13.1. The topological polar surface area (TPSA) is 79.8 Å². The summed E-state index contributed by atoms with van der Waals surface area (Å²) in [5.74, 6) is -0.456. The summed E-state index contributed by atoms with van der Waals surface area (Å²) in [4.78, 5) is 22.0. The van der Waals surface area contributed by atoms with Crippen LogP contribution in [0.1, 0.15) is 12.0 Å². The molecule has 10 heteroatoms. The third-order valence-electron chi connectivity index (χ3n) is 5.50. The lowest BCUT2D eigenvalue weighted by Gasteiger charge is -2.29. The number of aromatic nitrogens is 1. The molecule has 33 heavy (non-hydrogen) atoms. The Hall–Kier alpha value is -2.04. The number of fused-ring (bicyclic) bond motifs is 1. The number of carbonyl (C=O) groups is 1. The SMILES string of the molecule is Cc1ccc2nc(N(CCN3CCOCC3)C(=O)CCS(=O)(=O)c3ccccc3)sc2c1.Cl. The van der Waals surface area contributed by atoms with Crippen molar-refractivity contribution in [3.8, 4) is 0 Å². The highest BCUT2D eigenvalue weighted by Crippen LogP contribution is 2.30. The molecule has 0 unspecified atom stereocenters.